The van der Waals surface area contributed by atoms with Crippen LogP contribution >= 0.6 is 0 Å². The molecule has 0 unspecified atom stereocenters. The SMILES string of the molecule is O=C(O)C(F)(F)c1ccc2c(c1)OCCO2. The topological polar surface area (TPSA) is 55.8 Å². The third-order valence-corrected chi connectivity index (χ3v) is 2.17. The number of carboxylic acids is 1. The standard InChI is InChI=1S/C10H8F2O4/c11-10(12,9(13)14)6-1-2-7-8(5-6)16-4-3-15-7/h1-2,5H,3-4H2,(H,13,14). The molecule has 16 heavy (non-hydrogen) atoms. The Morgan fingerprint density at radius 1 is 1.25 bits per heavy atom. The summed E-state index contributed by atoms with van der Waals surface area (Å²) in [5.74, 6) is -5.62. The molecule has 0 amide bonds. The summed E-state index contributed by atoms with van der Waals surface area (Å²) in [4.78, 5) is 10.4. The first-order chi connectivity index (χ1) is 7.51. The van der Waals surface area contributed by atoms with Gasteiger partial charge < -0.3 is 14.6 Å². The highest BCUT2D eigenvalue weighted by Crippen LogP contribution is 2.36. The average Bonchev–Trinajstić information content (AvgIpc) is 2.28. The maximum atomic E-state index is 13.2. The summed E-state index contributed by atoms with van der Waals surface area (Å²) in [6.45, 7) is 0.608. The first-order valence-electron chi connectivity index (χ1n) is 4.53. The number of hydrogen-bond donors (Lipinski definition) is 1. The van der Waals surface area contributed by atoms with Crippen LogP contribution in [0.1, 0.15) is 5.56 Å². The minimum Gasteiger partial charge on any atom is -0.486 e. The van der Waals surface area contributed by atoms with Crippen LogP contribution in [0.25, 0.3) is 0 Å². The molecule has 0 bridgehead atoms. The summed E-state index contributed by atoms with van der Waals surface area (Å²) in [5.41, 5.74) is -0.621. The summed E-state index contributed by atoms with van der Waals surface area (Å²) >= 11 is 0. The summed E-state index contributed by atoms with van der Waals surface area (Å²) in [6.07, 6.45) is 0. The minimum absolute atomic E-state index is 0.143. The Labute approximate surface area is 89.4 Å². The maximum Gasteiger partial charge on any atom is 0.379 e. The van der Waals surface area contributed by atoms with Gasteiger partial charge in [-0.3, -0.25) is 0 Å². The van der Waals surface area contributed by atoms with E-state index in [9.17, 15) is 13.6 Å². The van der Waals surface area contributed by atoms with E-state index >= 15 is 0 Å². The van der Waals surface area contributed by atoms with Gasteiger partial charge in [0.1, 0.15) is 13.2 Å². The van der Waals surface area contributed by atoms with Crippen molar-refractivity contribution < 1.29 is 28.2 Å². The van der Waals surface area contributed by atoms with Gasteiger partial charge in [-0.25, -0.2) is 4.79 Å². The van der Waals surface area contributed by atoms with E-state index in [1.54, 1.807) is 0 Å². The molecule has 1 N–H and O–H groups in total. The Bertz CT molecular complexity index is 431. The lowest BCUT2D eigenvalue weighted by molar-refractivity contribution is -0.166. The molecule has 0 atom stereocenters. The maximum absolute atomic E-state index is 13.2. The highest BCUT2D eigenvalue weighted by Gasteiger charge is 2.41. The van der Waals surface area contributed by atoms with Gasteiger partial charge in [-0.2, -0.15) is 8.78 Å². The fourth-order valence-corrected chi connectivity index (χ4v) is 1.36. The van der Waals surface area contributed by atoms with Gasteiger partial charge in [-0.05, 0) is 18.2 Å². The number of carboxylic acid groups (broad SMARTS) is 1. The van der Waals surface area contributed by atoms with Gasteiger partial charge in [0.05, 0.1) is 0 Å². The number of benzene rings is 1. The number of aliphatic carboxylic acids is 1. The van der Waals surface area contributed by atoms with Crippen molar-refractivity contribution in [3.8, 4) is 11.5 Å². The van der Waals surface area contributed by atoms with Gasteiger partial charge in [0.25, 0.3) is 0 Å². The van der Waals surface area contributed by atoms with E-state index in [2.05, 4.69) is 0 Å². The molecule has 1 aliphatic heterocycles. The first kappa shape index (κ1) is 10.7. The Morgan fingerprint density at radius 2 is 1.88 bits per heavy atom. The van der Waals surface area contributed by atoms with Crippen molar-refractivity contribution in [1.29, 1.82) is 0 Å². The van der Waals surface area contributed by atoms with Crippen LogP contribution < -0.4 is 9.47 Å². The van der Waals surface area contributed by atoms with Crippen molar-refractivity contribution in [2.45, 2.75) is 5.92 Å². The zero-order chi connectivity index (χ0) is 11.8. The largest absolute Gasteiger partial charge is 0.486 e. The van der Waals surface area contributed by atoms with Crippen molar-refractivity contribution in [1.82, 2.24) is 0 Å². The van der Waals surface area contributed by atoms with Crippen LogP contribution in [0.2, 0.25) is 0 Å². The second-order valence-corrected chi connectivity index (χ2v) is 3.24. The molecule has 0 saturated heterocycles. The number of hydrogen-bond acceptors (Lipinski definition) is 3. The fraction of sp³-hybridized carbons (Fsp3) is 0.300. The quantitative estimate of drug-likeness (QED) is 0.838. The molecule has 4 nitrogen and oxygen atoms in total. The van der Waals surface area contributed by atoms with Crippen LogP contribution in [0.5, 0.6) is 11.5 Å². The molecule has 0 fully saturated rings. The minimum atomic E-state index is -3.92. The van der Waals surface area contributed by atoms with Crippen molar-refractivity contribution in [3.63, 3.8) is 0 Å². The Kier molecular flexibility index (Phi) is 2.41. The molecule has 2 rings (SSSR count). The smallest absolute Gasteiger partial charge is 0.379 e. The van der Waals surface area contributed by atoms with Crippen LogP contribution in [0, 0.1) is 0 Å². The van der Waals surface area contributed by atoms with Gasteiger partial charge >= 0.3 is 11.9 Å². The Morgan fingerprint density at radius 3 is 2.50 bits per heavy atom. The number of halogens is 2. The van der Waals surface area contributed by atoms with E-state index in [1.807, 2.05) is 0 Å². The molecular weight excluding hydrogens is 222 g/mol. The predicted molar refractivity (Wildman–Crippen MR) is 49.0 cm³/mol. The lowest BCUT2D eigenvalue weighted by Gasteiger charge is -2.20. The van der Waals surface area contributed by atoms with Crippen molar-refractivity contribution >= 4 is 5.97 Å². The van der Waals surface area contributed by atoms with Gasteiger partial charge in [0.15, 0.2) is 11.5 Å². The molecule has 1 aliphatic rings. The van der Waals surface area contributed by atoms with E-state index < -0.39 is 17.5 Å². The second kappa shape index (κ2) is 3.62. The molecule has 1 heterocycles. The molecule has 0 aliphatic carbocycles. The first-order valence-corrected chi connectivity index (χ1v) is 4.53. The van der Waals surface area contributed by atoms with Crippen LogP contribution in [0.3, 0.4) is 0 Å². The van der Waals surface area contributed by atoms with Crippen molar-refractivity contribution in [2.24, 2.45) is 0 Å². The van der Waals surface area contributed by atoms with Gasteiger partial charge in [0, 0.05) is 5.56 Å². The van der Waals surface area contributed by atoms with E-state index in [4.69, 9.17) is 14.6 Å². The fourth-order valence-electron chi connectivity index (χ4n) is 1.36. The zero-order valence-corrected chi connectivity index (χ0v) is 8.07. The van der Waals surface area contributed by atoms with Crippen LogP contribution in [-0.2, 0) is 10.7 Å². The molecule has 0 aromatic heterocycles. The zero-order valence-electron chi connectivity index (χ0n) is 8.07. The van der Waals surface area contributed by atoms with Gasteiger partial charge in [0.2, 0.25) is 0 Å². The van der Waals surface area contributed by atoms with Crippen LogP contribution in [0.4, 0.5) is 8.78 Å². The lowest BCUT2D eigenvalue weighted by atomic mass is 10.1. The van der Waals surface area contributed by atoms with Crippen molar-refractivity contribution in [2.75, 3.05) is 13.2 Å². The molecule has 1 aromatic rings. The summed E-state index contributed by atoms with van der Waals surface area (Å²) < 4.78 is 36.5. The molecule has 0 spiro atoms. The monoisotopic (exact) mass is 230 g/mol. The van der Waals surface area contributed by atoms with E-state index in [0.717, 1.165) is 12.1 Å². The highest BCUT2D eigenvalue weighted by molar-refractivity contribution is 5.77. The summed E-state index contributed by atoms with van der Waals surface area (Å²) in [7, 11) is 0. The number of rotatable bonds is 2. The molecule has 0 radical (unpaired) electrons. The van der Waals surface area contributed by atoms with Crippen molar-refractivity contribution in [3.05, 3.63) is 23.8 Å². The third-order valence-electron chi connectivity index (χ3n) is 2.17. The molecule has 0 saturated carbocycles. The third kappa shape index (κ3) is 1.66. The van der Waals surface area contributed by atoms with Crippen LogP contribution in [0.15, 0.2) is 18.2 Å². The van der Waals surface area contributed by atoms with E-state index in [0.29, 0.717) is 12.4 Å². The molecule has 86 valence electrons. The predicted octanol–water partition coefficient (Wildman–Crippen LogP) is 1.63. The Balaban J connectivity index is 2.40. The average molecular weight is 230 g/mol. The molecule has 1 aromatic carbocycles. The summed E-state index contributed by atoms with van der Waals surface area (Å²) in [5, 5.41) is 8.38. The Hall–Kier alpha value is -1.85. The number of ether oxygens (including phenoxy) is 2. The van der Waals surface area contributed by atoms with E-state index in [-0.39, 0.29) is 12.4 Å². The summed E-state index contributed by atoms with van der Waals surface area (Å²) in [6, 6.07) is 3.28. The number of carbonyl (C=O) groups is 1. The second-order valence-electron chi connectivity index (χ2n) is 3.24. The molecule has 6 heteroatoms. The number of fused-ring (bicyclic) bond motifs is 1. The normalized spacial score (nSPS) is 14.6. The molecular formula is C10H8F2O4. The van der Waals surface area contributed by atoms with Gasteiger partial charge in [-0.1, -0.05) is 0 Å². The van der Waals surface area contributed by atoms with Crippen LogP contribution in [-0.4, -0.2) is 24.3 Å². The number of alkyl halides is 2. The lowest BCUT2D eigenvalue weighted by Crippen LogP contribution is -2.25. The highest BCUT2D eigenvalue weighted by atomic mass is 19.3. The van der Waals surface area contributed by atoms with E-state index in [1.165, 1.54) is 6.07 Å². The van der Waals surface area contributed by atoms with Gasteiger partial charge in [-0.15, -0.1) is 0 Å².